The zero-order chi connectivity index (χ0) is 13.8. The van der Waals surface area contributed by atoms with Crippen LogP contribution in [0.4, 0.5) is 8.78 Å². The van der Waals surface area contributed by atoms with E-state index >= 15 is 0 Å². The van der Waals surface area contributed by atoms with E-state index in [1.807, 2.05) is 0 Å². The van der Waals surface area contributed by atoms with Crippen molar-refractivity contribution in [3.63, 3.8) is 0 Å². The lowest BCUT2D eigenvalue weighted by Crippen LogP contribution is -2.13. The Morgan fingerprint density at radius 2 is 2.05 bits per heavy atom. The largest absolute Gasteiger partial charge is 0.444 e. The van der Waals surface area contributed by atoms with Crippen molar-refractivity contribution in [1.29, 1.82) is 0 Å². The summed E-state index contributed by atoms with van der Waals surface area (Å²) in [7, 11) is 0. The Labute approximate surface area is 110 Å². The van der Waals surface area contributed by atoms with E-state index in [2.05, 4.69) is 17.2 Å². The fraction of sp³-hybridized carbons (Fsp3) is 0.357. The lowest BCUT2D eigenvalue weighted by molar-refractivity contribution is 0.550. The molecule has 0 aliphatic rings. The highest BCUT2D eigenvalue weighted by molar-refractivity contribution is 5.55. The maximum absolute atomic E-state index is 13.7. The third-order valence-corrected chi connectivity index (χ3v) is 2.76. The Bertz CT molecular complexity index is 567. The predicted molar refractivity (Wildman–Crippen MR) is 68.6 cm³/mol. The second-order valence-electron chi connectivity index (χ2n) is 4.40. The third-order valence-electron chi connectivity index (χ3n) is 2.76. The van der Waals surface area contributed by atoms with Crippen LogP contribution in [0.5, 0.6) is 0 Å². The molecule has 0 spiro atoms. The average molecular weight is 266 g/mol. The number of nitrogens with zero attached hydrogens (tertiary/aromatic N) is 1. The van der Waals surface area contributed by atoms with Crippen molar-refractivity contribution < 1.29 is 13.2 Å². The number of rotatable bonds is 5. The van der Waals surface area contributed by atoms with Gasteiger partial charge in [-0.05, 0) is 31.5 Å². The summed E-state index contributed by atoms with van der Waals surface area (Å²) < 4.78 is 32.1. The fourth-order valence-corrected chi connectivity index (χ4v) is 1.73. The first kappa shape index (κ1) is 13.7. The monoisotopic (exact) mass is 266 g/mol. The summed E-state index contributed by atoms with van der Waals surface area (Å²) in [6, 6.07) is 2.25. The topological polar surface area (TPSA) is 38.1 Å². The van der Waals surface area contributed by atoms with Gasteiger partial charge in [-0.3, -0.25) is 0 Å². The molecule has 3 nitrogen and oxygen atoms in total. The van der Waals surface area contributed by atoms with Crippen molar-refractivity contribution in [2.24, 2.45) is 0 Å². The highest BCUT2D eigenvalue weighted by Crippen LogP contribution is 2.24. The lowest BCUT2D eigenvalue weighted by Gasteiger charge is -2.01. The van der Waals surface area contributed by atoms with Crippen molar-refractivity contribution >= 4 is 0 Å². The van der Waals surface area contributed by atoms with E-state index in [0.29, 0.717) is 17.8 Å². The van der Waals surface area contributed by atoms with Crippen LogP contribution >= 0.6 is 0 Å². The molecule has 0 aliphatic heterocycles. The number of aryl methyl sites for hydroxylation is 1. The second kappa shape index (κ2) is 5.93. The van der Waals surface area contributed by atoms with Crippen LogP contribution < -0.4 is 5.32 Å². The molecule has 0 aliphatic carbocycles. The molecule has 5 heteroatoms. The molecular weight excluding hydrogens is 250 g/mol. The Morgan fingerprint density at radius 3 is 2.79 bits per heavy atom. The maximum atomic E-state index is 13.7. The Hall–Kier alpha value is -1.75. The zero-order valence-corrected chi connectivity index (χ0v) is 11.0. The number of hydrogen-bond acceptors (Lipinski definition) is 3. The van der Waals surface area contributed by atoms with Crippen LogP contribution in [0.25, 0.3) is 11.5 Å². The quantitative estimate of drug-likeness (QED) is 0.842. The van der Waals surface area contributed by atoms with Crippen LogP contribution in [0.2, 0.25) is 0 Å². The van der Waals surface area contributed by atoms with Gasteiger partial charge in [-0.15, -0.1) is 0 Å². The summed E-state index contributed by atoms with van der Waals surface area (Å²) in [5.74, 6) is -1.07. The molecule has 2 rings (SSSR count). The standard InChI is InChI=1S/C14H16F2N2O/c1-3-4-17-7-10-8-19-14(18-10)11-5-9(2)12(15)6-13(11)16/h5-6,8,17H,3-4,7H2,1-2H3. The SMILES string of the molecule is CCCNCc1coc(-c2cc(C)c(F)cc2F)n1. The normalized spacial score (nSPS) is 10.9. The molecule has 0 bridgehead atoms. The van der Waals surface area contributed by atoms with Gasteiger partial charge >= 0.3 is 0 Å². The van der Waals surface area contributed by atoms with Crippen LogP contribution in [0.15, 0.2) is 22.8 Å². The van der Waals surface area contributed by atoms with Crippen molar-refractivity contribution in [2.75, 3.05) is 6.54 Å². The van der Waals surface area contributed by atoms with Gasteiger partial charge in [0.15, 0.2) is 0 Å². The highest BCUT2D eigenvalue weighted by Gasteiger charge is 2.14. The molecule has 19 heavy (non-hydrogen) atoms. The summed E-state index contributed by atoms with van der Waals surface area (Å²) in [6.07, 6.45) is 2.51. The zero-order valence-electron chi connectivity index (χ0n) is 11.0. The first-order valence-corrected chi connectivity index (χ1v) is 6.23. The maximum Gasteiger partial charge on any atom is 0.229 e. The van der Waals surface area contributed by atoms with Gasteiger partial charge < -0.3 is 9.73 Å². The van der Waals surface area contributed by atoms with E-state index in [4.69, 9.17) is 4.42 Å². The minimum atomic E-state index is -0.669. The Kier molecular flexibility index (Phi) is 4.27. The van der Waals surface area contributed by atoms with Gasteiger partial charge in [-0.1, -0.05) is 6.92 Å². The van der Waals surface area contributed by atoms with Gasteiger partial charge in [0.1, 0.15) is 17.9 Å². The third kappa shape index (κ3) is 3.17. The molecule has 0 amide bonds. The molecule has 0 saturated heterocycles. The Balaban J connectivity index is 2.20. The molecule has 102 valence electrons. The summed E-state index contributed by atoms with van der Waals surface area (Å²) in [4.78, 5) is 4.19. The first-order chi connectivity index (χ1) is 9.11. The van der Waals surface area contributed by atoms with Gasteiger partial charge in [0, 0.05) is 12.6 Å². The summed E-state index contributed by atoms with van der Waals surface area (Å²) in [5.41, 5.74) is 1.24. The first-order valence-electron chi connectivity index (χ1n) is 6.23. The minimum absolute atomic E-state index is 0.175. The van der Waals surface area contributed by atoms with Gasteiger partial charge in [0.2, 0.25) is 5.89 Å². The molecular formula is C14H16F2N2O. The second-order valence-corrected chi connectivity index (χ2v) is 4.40. The van der Waals surface area contributed by atoms with Gasteiger partial charge in [-0.25, -0.2) is 13.8 Å². The Morgan fingerprint density at radius 1 is 1.26 bits per heavy atom. The molecule has 0 radical (unpaired) electrons. The molecule has 1 aromatic heterocycles. The molecule has 0 fully saturated rings. The predicted octanol–water partition coefficient (Wildman–Crippen LogP) is 3.43. The number of benzene rings is 1. The number of halogens is 2. The molecule has 0 unspecified atom stereocenters. The van der Waals surface area contributed by atoms with Gasteiger partial charge in [0.05, 0.1) is 11.3 Å². The molecule has 1 N–H and O–H groups in total. The average Bonchev–Trinajstić information content (AvgIpc) is 2.83. The van der Waals surface area contributed by atoms with Crippen LogP contribution in [-0.2, 0) is 6.54 Å². The van der Waals surface area contributed by atoms with Crippen molar-refractivity contribution in [1.82, 2.24) is 10.3 Å². The summed E-state index contributed by atoms with van der Waals surface area (Å²) >= 11 is 0. The van der Waals surface area contributed by atoms with E-state index in [-0.39, 0.29) is 11.5 Å². The number of hydrogen-bond donors (Lipinski definition) is 1. The van der Waals surface area contributed by atoms with Crippen molar-refractivity contribution in [3.05, 3.63) is 41.3 Å². The van der Waals surface area contributed by atoms with Gasteiger partial charge in [-0.2, -0.15) is 0 Å². The molecule has 1 heterocycles. The summed E-state index contributed by atoms with van der Waals surface area (Å²) in [5, 5.41) is 3.18. The van der Waals surface area contributed by atoms with Crippen molar-refractivity contribution in [2.45, 2.75) is 26.8 Å². The lowest BCUT2D eigenvalue weighted by atomic mass is 10.1. The molecule has 0 atom stereocenters. The molecule has 2 aromatic rings. The van der Waals surface area contributed by atoms with Gasteiger partial charge in [0.25, 0.3) is 0 Å². The molecule has 1 aromatic carbocycles. The number of nitrogens with one attached hydrogen (secondary N) is 1. The summed E-state index contributed by atoms with van der Waals surface area (Å²) in [6.45, 7) is 5.09. The number of aromatic nitrogens is 1. The van der Waals surface area contributed by atoms with E-state index in [1.165, 1.54) is 12.3 Å². The van der Waals surface area contributed by atoms with Crippen LogP contribution in [0.1, 0.15) is 24.6 Å². The van der Waals surface area contributed by atoms with Crippen molar-refractivity contribution in [3.8, 4) is 11.5 Å². The smallest absolute Gasteiger partial charge is 0.229 e. The minimum Gasteiger partial charge on any atom is -0.444 e. The van der Waals surface area contributed by atoms with E-state index in [9.17, 15) is 8.78 Å². The van der Waals surface area contributed by atoms with E-state index < -0.39 is 11.6 Å². The van der Waals surface area contributed by atoms with E-state index in [0.717, 1.165) is 19.0 Å². The molecule has 0 saturated carbocycles. The number of oxazole rings is 1. The fourth-order valence-electron chi connectivity index (χ4n) is 1.73. The highest BCUT2D eigenvalue weighted by atomic mass is 19.1. The van der Waals surface area contributed by atoms with Crippen LogP contribution in [0.3, 0.4) is 0 Å². The van der Waals surface area contributed by atoms with Crippen LogP contribution in [0, 0.1) is 18.6 Å². The van der Waals surface area contributed by atoms with E-state index in [1.54, 1.807) is 6.92 Å². The van der Waals surface area contributed by atoms with Crippen LogP contribution in [-0.4, -0.2) is 11.5 Å².